The molecule has 266 valence electrons. The fourth-order valence-corrected chi connectivity index (χ4v) is 8.92. The Bertz CT molecular complexity index is 2490. The minimum absolute atomic E-state index is 0.0520. The smallest absolute Gasteiger partial charge is 0.274 e. The quantitative estimate of drug-likeness (QED) is 0.180. The van der Waals surface area contributed by atoms with E-state index in [1.165, 1.54) is 39.4 Å². The highest BCUT2D eigenvalue weighted by molar-refractivity contribution is 8.13. The predicted octanol–water partition coefficient (Wildman–Crippen LogP) is 4.92. The van der Waals surface area contributed by atoms with Gasteiger partial charge in [-0.3, -0.25) is 19.2 Å². The summed E-state index contributed by atoms with van der Waals surface area (Å²) in [7, 11) is 5.96. The van der Waals surface area contributed by atoms with Gasteiger partial charge < -0.3 is 48.8 Å². The summed E-state index contributed by atoms with van der Waals surface area (Å²) in [5.41, 5.74) is 3.94. The lowest BCUT2D eigenvalue weighted by Gasteiger charge is -2.27. The van der Waals surface area contributed by atoms with Crippen molar-refractivity contribution in [3.05, 3.63) is 69.9 Å². The number of methoxy groups -OCH3 is 4. The zero-order valence-electron chi connectivity index (χ0n) is 28.8. The number of amides is 2. The number of thioether (sulfide) groups is 1. The maximum Gasteiger partial charge on any atom is 0.274 e. The van der Waals surface area contributed by atoms with E-state index in [1.54, 1.807) is 35.4 Å². The van der Waals surface area contributed by atoms with E-state index < -0.39 is 11.3 Å². The van der Waals surface area contributed by atoms with Gasteiger partial charge in [0.25, 0.3) is 11.8 Å². The lowest BCUT2D eigenvalue weighted by molar-refractivity contribution is 0.0805. The summed E-state index contributed by atoms with van der Waals surface area (Å²) in [6, 6.07) is 6.78. The van der Waals surface area contributed by atoms with E-state index in [1.807, 2.05) is 0 Å². The molecule has 2 aliphatic carbocycles. The SMILES string of the molecule is COc1cc2cc(C(=O)N3C[C@H]4C[C@@]45C3=CC(=O)c3cc(C(=O)N4CCc6c4c(O)c(OC)c4[nH]c(C(=O)SC)cc64)[nH]c35)[nH]c2c(OC)c1OC. The number of likely N-dealkylation sites (tertiary alicyclic amines) is 1. The number of aromatic nitrogens is 3. The van der Waals surface area contributed by atoms with Gasteiger partial charge >= 0.3 is 0 Å². The molecule has 14 nitrogen and oxygen atoms in total. The first kappa shape index (κ1) is 32.1. The number of phenols is 1. The van der Waals surface area contributed by atoms with Crippen LogP contribution in [0.4, 0.5) is 5.69 Å². The molecule has 52 heavy (non-hydrogen) atoms. The lowest BCUT2D eigenvalue weighted by atomic mass is 9.87. The molecule has 0 radical (unpaired) electrons. The van der Waals surface area contributed by atoms with Gasteiger partial charge in [-0.25, -0.2) is 0 Å². The molecule has 5 aromatic rings. The third-order valence-electron chi connectivity index (χ3n) is 11.0. The number of phenolic OH excluding ortho intramolecular Hbond substituents is 1. The number of ketones is 1. The molecule has 2 aromatic carbocycles. The molecule has 4 aliphatic rings. The number of nitrogens with zero attached hydrogens (tertiary/aromatic N) is 2. The number of anilines is 1. The van der Waals surface area contributed by atoms with Crippen molar-refractivity contribution < 1.29 is 43.2 Å². The van der Waals surface area contributed by atoms with Gasteiger partial charge in [-0.2, -0.15) is 0 Å². The normalized spacial score (nSPS) is 19.7. The van der Waals surface area contributed by atoms with Crippen molar-refractivity contribution in [3.63, 3.8) is 0 Å². The van der Waals surface area contributed by atoms with E-state index in [9.17, 15) is 24.3 Å². The Kier molecular flexibility index (Phi) is 6.84. The van der Waals surface area contributed by atoms with Gasteiger partial charge in [0.2, 0.25) is 10.9 Å². The number of nitrogens with one attached hydrogen (secondary N) is 3. The molecule has 1 spiro atoms. The molecular formula is C37H33N5O9S. The number of aromatic amines is 3. The maximum atomic E-state index is 14.2. The second-order valence-corrected chi connectivity index (χ2v) is 14.1. The fraction of sp³-hybridized carbons (Fsp3) is 0.297. The van der Waals surface area contributed by atoms with Crippen LogP contribution in [-0.2, 0) is 11.8 Å². The topological polar surface area (TPSA) is 179 Å². The number of benzene rings is 2. The van der Waals surface area contributed by atoms with Crippen LogP contribution in [0.1, 0.15) is 59.5 Å². The summed E-state index contributed by atoms with van der Waals surface area (Å²) in [4.78, 5) is 67.2. The number of rotatable bonds is 7. The Labute approximate surface area is 300 Å². The number of allylic oxidation sites excluding steroid dienone is 2. The summed E-state index contributed by atoms with van der Waals surface area (Å²) < 4.78 is 22.2. The third-order valence-corrected chi connectivity index (χ3v) is 11.6. The molecule has 2 fully saturated rings. The highest BCUT2D eigenvalue weighted by Gasteiger charge is 2.68. The third kappa shape index (κ3) is 4.07. The van der Waals surface area contributed by atoms with E-state index in [2.05, 4.69) is 15.0 Å². The zero-order valence-corrected chi connectivity index (χ0v) is 29.6. The molecule has 5 heterocycles. The summed E-state index contributed by atoms with van der Waals surface area (Å²) in [6.45, 7) is 0.672. The van der Waals surface area contributed by atoms with E-state index in [-0.39, 0.29) is 46.5 Å². The number of carbonyl (C=O) groups excluding carboxylic acids is 4. The second kappa shape index (κ2) is 11.1. The molecule has 15 heteroatoms. The average molecular weight is 724 g/mol. The molecule has 1 saturated heterocycles. The number of fused-ring (bicyclic) bond motifs is 5. The molecule has 2 aliphatic heterocycles. The molecule has 0 unspecified atom stereocenters. The van der Waals surface area contributed by atoms with Crippen molar-refractivity contribution in [1.29, 1.82) is 0 Å². The first-order valence-corrected chi connectivity index (χ1v) is 17.8. The van der Waals surface area contributed by atoms with Gasteiger partial charge in [-0.05, 0) is 54.8 Å². The number of H-pyrrole nitrogens is 3. The number of ether oxygens (including phenoxy) is 4. The van der Waals surface area contributed by atoms with Crippen LogP contribution < -0.4 is 23.8 Å². The van der Waals surface area contributed by atoms with Crippen molar-refractivity contribution in [2.45, 2.75) is 18.3 Å². The van der Waals surface area contributed by atoms with Crippen LogP contribution in [0.25, 0.3) is 21.8 Å². The standard InChI is InChI=1S/C37H33N5O9S/c1-48-24-9-15-8-20(38-26(15)32(51-4)30(24)49-2)35(46)42-14-16-13-37(16)25(42)12-23(43)19-11-21(40-33(19)37)34(45)41-7-6-17-18-10-22(36(47)52-5)39-27(18)31(50-3)29(44)28(17)41/h8-12,16,38-40,44H,6-7,13-14H2,1-5H3/t16-,37+/m1/s1. The molecule has 1 saturated carbocycles. The van der Waals surface area contributed by atoms with Gasteiger partial charge in [0.05, 0.1) is 56.3 Å². The van der Waals surface area contributed by atoms with Crippen molar-refractivity contribution in [2.75, 3.05) is 52.7 Å². The van der Waals surface area contributed by atoms with Crippen LogP contribution in [-0.4, -0.2) is 95.5 Å². The molecule has 2 amide bonds. The Morgan fingerprint density at radius 1 is 0.865 bits per heavy atom. The Morgan fingerprint density at radius 3 is 2.29 bits per heavy atom. The minimum Gasteiger partial charge on any atom is -0.503 e. The summed E-state index contributed by atoms with van der Waals surface area (Å²) in [5, 5.41) is 12.6. The van der Waals surface area contributed by atoms with Gasteiger partial charge in [-0.1, -0.05) is 11.8 Å². The Morgan fingerprint density at radius 2 is 1.58 bits per heavy atom. The monoisotopic (exact) mass is 723 g/mol. The van der Waals surface area contributed by atoms with Crippen LogP contribution in [0.2, 0.25) is 0 Å². The summed E-state index contributed by atoms with van der Waals surface area (Å²) in [5.74, 6) is 0.185. The van der Waals surface area contributed by atoms with Crippen LogP contribution in [0, 0.1) is 5.92 Å². The number of hydrogen-bond donors (Lipinski definition) is 4. The number of piperidine rings is 1. The predicted molar refractivity (Wildman–Crippen MR) is 192 cm³/mol. The fourth-order valence-electron chi connectivity index (χ4n) is 8.59. The molecule has 3 aromatic heterocycles. The first-order chi connectivity index (χ1) is 25.1. The van der Waals surface area contributed by atoms with Gasteiger partial charge in [0.1, 0.15) is 11.4 Å². The second-order valence-electron chi connectivity index (χ2n) is 13.3. The largest absolute Gasteiger partial charge is 0.503 e. The lowest BCUT2D eigenvalue weighted by Crippen LogP contribution is -2.34. The van der Waals surface area contributed by atoms with E-state index in [0.29, 0.717) is 91.6 Å². The van der Waals surface area contributed by atoms with Crippen molar-refractivity contribution in [1.82, 2.24) is 19.9 Å². The van der Waals surface area contributed by atoms with Gasteiger partial charge in [0.15, 0.2) is 28.8 Å². The molecule has 0 bridgehead atoms. The summed E-state index contributed by atoms with van der Waals surface area (Å²) >= 11 is 1.06. The van der Waals surface area contributed by atoms with Crippen LogP contribution >= 0.6 is 11.8 Å². The maximum absolute atomic E-state index is 14.2. The minimum atomic E-state index is -0.612. The molecule has 9 rings (SSSR count). The van der Waals surface area contributed by atoms with E-state index in [4.69, 9.17) is 18.9 Å². The van der Waals surface area contributed by atoms with Gasteiger partial charge in [0, 0.05) is 46.9 Å². The van der Waals surface area contributed by atoms with Gasteiger partial charge in [-0.15, -0.1) is 0 Å². The van der Waals surface area contributed by atoms with Crippen molar-refractivity contribution >= 4 is 62.0 Å². The molecule has 2 atom stereocenters. The van der Waals surface area contributed by atoms with Crippen LogP contribution in [0.5, 0.6) is 28.7 Å². The first-order valence-electron chi connectivity index (χ1n) is 16.6. The zero-order chi connectivity index (χ0) is 36.4. The molecule has 4 N–H and O–H groups in total. The molecular weight excluding hydrogens is 690 g/mol. The van der Waals surface area contributed by atoms with Crippen LogP contribution in [0.3, 0.4) is 0 Å². The van der Waals surface area contributed by atoms with Crippen molar-refractivity contribution in [2.24, 2.45) is 5.92 Å². The Balaban J connectivity index is 1.05. The summed E-state index contributed by atoms with van der Waals surface area (Å²) in [6.07, 6.45) is 4.36. The highest BCUT2D eigenvalue weighted by Crippen LogP contribution is 2.66. The number of hydrogen-bond acceptors (Lipinski definition) is 10. The van der Waals surface area contributed by atoms with Crippen molar-refractivity contribution in [3.8, 4) is 28.7 Å². The Hall–Kier alpha value is -5.83. The van der Waals surface area contributed by atoms with E-state index in [0.717, 1.165) is 18.2 Å². The number of aromatic hydroxyl groups is 1. The van der Waals surface area contributed by atoms with Crippen LogP contribution in [0.15, 0.2) is 36.0 Å². The highest BCUT2D eigenvalue weighted by atomic mass is 32.2. The average Bonchev–Trinajstić information content (AvgIpc) is 3.80. The van der Waals surface area contributed by atoms with E-state index >= 15 is 0 Å². The number of carbonyl (C=O) groups is 4.